The maximum atomic E-state index is 13.2. The van der Waals surface area contributed by atoms with Gasteiger partial charge < -0.3 is 14.7 Å². The molecular weight excluding hydrogens is 467 g/mol. The number of hydrogen-bond acceptors (Lipinski definition) is 5. The van der Waals surface area contributed by atoms with Gasteiger partial charge in [0.2, 0.25) is 0 Å². The molecule has 1 aliphatic carbocycles. The maximum absolute atomic E-state index is 13.2. The molecule has 3 N–H and O–H groups in total. The van der Waals surface area contributed by atoms with Gasteiger partial charge >= 0.3 is 6.18 Å². The molecule has 0 saturated heterocycles. The molecule has 2 aromatic heterocycles. The molecule has 1 unspecified atom stereocenters. The second-order valence-corrected chi connectivity index (χ2v) is 9.78. The minimum atomic E-state index is -4.49. The zero-order valence-corrected chi connectivity index (χ0v) is 19.0. The third-order valence-corrected chi connectivity index (χ3v) is 6.34. The van der Waals surface area contributed by atoms with Gasteiger partial charge in [-0.25, -0.2) is 0 Å². The van der Waals surface area contributed by atoms with Crippen LogP contribution in [0.15, 0.2) is 56.9 Å². The fraction of sp³-hybridized carbons (Fsp3) is 0.292. The molecule has 6 nitrogen and oxygen atoms in total. The molecule has 0 saturated carbocycles. The molecule has 1 aromatic carbocycles. The molecule has 3 heterocycles. The van der Waals surface area contributed by atoms with Gasteiger partial charge in [-0.15, -0.1) is 0 Å². The minimum absolute atomic E-state index is 0.117. The number of H-pyrrole nitrogens is 2. The number of benzene rings is 1. The van der Waals surface area contributed by atoms with Crippen LogP contribution in [0.5, 0.6) is 0 Å². The number of alkyl halides is 3. The average Bonchev–Trinajstić information content (AvgIpc) is 3.20. The molecule has 34 heavy (non-hydrogen) atoms. The van der Waals surface area contributed by atoms with Crippen molar-refractivity contribution in [1.82, 2.24) is 9.97 Å². The largest absolute Gasteiger partial charge is 0.460 e. The van der Waals surface area contributed by atoms with E-state index in [0.717, 1.165) is 12.1 Å². The van der Waals surface area contributed by atoms with Gasteiger partial charge in [-0.3, -0.25) is 14.6 Å². The lowest BCUT2D eigenvalue weighted by Crippen LogP contribution is -2.36. The van der Waals surface area contributed by atoms with Crippen LogP contribution < -0.4 is 10.9 Å². The number of fused-ring (bicyclic) bond motifs is 1. The first-order valence-electron chi connectivity index (χ1n) is 10.6. The number of carbonyl (C=O) groups excluding carboxylic acids is 1. The second-order valence-electron chi connectivity index (χ2n) is 9.37. The number of halogens is 3. The summed E-state index contributed by atoms with van der Waals surface area (Å²) in [4.78, 5) is 31.7. The molecule has 0 spiro atoms. The molecular formula is C24H20F3N3O3S. The van der Waals surface area contributed by atoms with Crippen molar-refractivity contribution in [3.05, 3.63) is 79.7 Å². The van der Waals surface area contributed by atoms with E-state index >= 15 is 0 Å². The van der Waals surface area contributed by atoms with E-state index < -0.39 is 23.2 Å². The lowest BCUT2D eigenvalue weighted by atomic mass is 9.70. The zero-order valence-electron chi connectivity index (χ0n) is 18.2. The Morgan fingerprint density at radius 1 is 1.09 bits per heavy atom. The monoisotopic (exact) mass is 487 g/mol. The average molecular weight is 488 g/mol. The first-order chi connectivity index (χ1) is 15.9. The van der Waals surface area contributed by atoms with Crippen LogP contribution in [-0.2, 0) is 11.0 Å². The SMILES string of the molecule is CC1(C)CC(=O)C2=C(C1)Nc1[nH]c(=S)[nH]c(=O)c1C2c1ccc(-c2cccc(C(F)(F)F)c2)o1. The first-order valence-corrected chi connectivity index (χ1v) is 11.0. The number of anilines is 1. The highest BCUT2D eigenvalue weighted by Crippen LogP contribution is 2.48. The van der Waals surface area contributed by atoms with Gasteiger partial charge in [-0.05, 0) is 48.3 Å². The Morgan fingerprint density at radius 2 is 1.85 bits per heavy atom. The number of furan rings is 1. The van der Waals surface area contributed by atoms with Crippen LogP contribution in [0.1, 0.15) is 49.5 Å². The van der Waals surface area contributed by atoms with E-state index in [1.807, 2.05) is 13.8 Å². The molecule has 2 aliphatic rings. The summed E-state index contributed by atoms with van der Waals surface area (Å²) in [5.41, 5.74) is 0.0216. The van der Waals surface area contributed by atoms with Gasteiger partial charge in [0.15, 0.2) is 10.6 Å². The molecule has 0 radical (unpaired) electrons. The molecule has 1 atom stereocenters. The zero-order chi connectivity index (χ0) is 24.4. The molecule has 3 aromatic rings. The second kappa shape index (κ2) is 7.56. The van der Waals surface area contributed by atoms with Crippen molar-refractivity contribution in [1.29, 1.82) is 0 Å². The molecule has 176 valence electrons. The highest BCUT2D eigenvalue weighted by molar-refractivity contribution is 7.71. The Hall–Kier alpha value is -3.40. The first kappa shape index (κ1) is 22.4. The Labute approximate surface area is 196 Å². The number of hydrogen-bond donors (Lipinski definition) is 3. The van der Waals surface area contributed by atoms with Crippen LogP contribution in [0, 0.1) is 10.2 Å². The van der Waals surface area contributed by atoms with Gasteiger partial charge in [0, 0.05) is 23.3 Å². The highest BCUT2D eigenvalue weighted by atomic mass is 32.1. The lowest BCUT2D eigenvalue weighted by Gasteiger charge is -2.38. The van der Waals surface area contributed by atoms with Gasteiger partial charge in [0.1, 0.15) is 17.3 Å². The van der Waals surface area contributed by atoms with E-state index in [9.17, 15) is 22.8 Å². The van der Waals surface area contributed by atoms with E-state index in [-0.39, 0.29) is 38.6 Å². The smallest absolute Gasteiger partial charge is 0.416 e. The van der Waals surface area contributed by atoms with Crippen molar-refractivity contribution in [2.24, 2.45) is 5.41 Å². The maximum Gasteiger partial charge on any atom is 0.416 e. The Morgan fingerprint density at radius 3 is 2.59 bits per heavy atom. The van der Waals surface area contributed by atoms with Crippen LogP contribution >= 0.6 is 12.2 Å². The topological polar surface area (TPSA) is 90.9 Å². The summed E-state index contributed by atoms with van der Waals surface area (Å²) in [5.74, 6) is -0.0859. The normalized spacial score (nSPS) is 19.4. The van der Waals surface area contributed by atoms with Crippen molar-refractivity contribution >= 4 is 23.8 Å². The van der Waals surface area contributed by atoms with Crippen molar-refractivity contribution in [2.45, 2.75) is 38.8 Å². The summed E-state index contributed by atoms with van der Waals surface area (Å²) in [5, 5.41) is 3.18. The van der Waals surface area contributed by atoms with Gasteiger partial charge in [0.05, 0.1) is 17.0 Å². The highest BCUT2D eigenvalue weighted by Gasteiger charge is 2.43. The molecule has 0 amide bonds. The molecule has 10 heteroatoms. The number of aromatic nitrogens is 2. The summed E-state index contributed by atoms with van der Waals surface area (Å²) in [6.45, 7) is 3.97. The van der Waals surface area contributed by atoms with E-state index in [0.29, 0.717) is 29.9 Å². The summed E-state index contributed by atoms with van der Waals surface area (Å²) >= 11 is 5.12. The molecule has 0 fully saturated rings. The molecule has 0 bridgehead atoms. The Bertz CT molecular complexity index is 1480. The van der Waals surface area contributed by atoms with E-state index in [2.05, 4.69) is 15.3 Å². The summed E-state index contributed by atoms with van der Waals surface area (Å²) in [7, 11) is 0. The quantitative estimate of drug-likeness (QED) is 0.391. The van der Waals surface area contributed by atoms with Gasteiger partial charge in [0.25, 0.3) is 5.56 Å². The third kappa shape index (κ3) is 3.81. The fourth-order valence-corrected chi connectivity index (χ4v) is 4.94. The van der Waals surface area contributed by atoms with Crippen molar-refractivity contribution in [3.63, 3.8) is 0 Å². The standard InChI is InChI=1S/C24H20F3N3O3S/c1-23(2)9-13-17(14(31)10-23)18(19-20(28-13)29-22(34)30-21(19)32)16-7-6-15(33-16)11-4-3-5-12(8-11)24(25,26)27/h3-8,18H,9-10H2,1-2H3,(H3,28,29,30,32,34). The number of rotatable bonds is 2. The number of aromatic amines is 2. The van der Waals surface area contributed by atoms with Crippen LogP contribution in [-0.4, -0.2) is 15.8 Å². The number of Topliss-reactive ketones (excluding diaryl/α,β-unsaturated/α-hetero) is 1. The molecule has 5 rings (SSSR count). The number of ketones is 1. The Balaban J connectivity index is 1.67. The van der Waals surface area contributed by atoms with Crippen molar-refractivity contribution < 1.29 is 22.4 Å². The van der Waals surface area contributed by atoms with E-state index in [4.69, 9.17) is 16.6 Å². The van der Waals surface area contributed by atoms with Crippen LogP contribution in [0.3, 0.4) is 0 Å². The number of carbonyl (C=O) groups is 1. The Kier molecular flexibility index (Phi) is 4.98. The number of nitrogens with one attached hydrogen (secondary N) is 3. The van der Waals surface area contributed by atoms with Gasteiger partial charge in [-0.1, -0.05) is 26.0 Å². The minimum Gasteiger partial charge on any atom is -0.460 e. The van der Waals surface area contributed by atoms with E-state index in [1.54, 1.807) is 12.1 Å². The predicted molar refractivity (Wildman–Crippen MR) is 122 cm³/mol. The van der Waals surface area contributed by atoms with E-state index in [1.165, 1.54) is 12.1 Å². The number of allylic oxidation sites excluding steroid dienone is 2. The van der Waals surface area contributed by atoms with Crippen LogP contribution in [0.4, 0.5) is 19.0 Å². The summed E-state index contributed by atoms with van der Waals surface area (Å²) < 4.78 is 45.7. The third-order valence-electron chi connectivity index (χ3n) is 6.14. The lowest BCUT2D eigenvalue weighted by molar-refractivity contribution is -0.137. The molecule has 1 aliphatic heterocycles. The van der Waals surface area contributed by atoms with Crippen molar-refractivity contribution in [2.75, 3.05) is 5.32 Å². The predicted octanol–water partition coefficient (Wildman–Crippen LogP) is 5.91. The fourth-order valence-electron chi connectivity index (χ4n) is 4.74. The van der Waals surface area contributed by atoms with Crippen LogP contribution in [0.25, 0.3) is 11.3 Å². The summed E-state index contributed by atoms with van der Waals surface area (Å²) in [6, 6.07) is 7.94. The summed E-state index contributed by atoms with van der Waals surface area (Å²) in [6.07, 6.45) is -3.63. The van der Waals surface area contributed by atoms with Crippen LogP contribution in [0.2, 0.25) is 0 Å². The van der Waals surface area contributed by atoms with Crippen molar-refractivity contribution in [3.8, 4) is 11.3 Å². The van der Waals surface area contributed by atoms with Gasteiger partial charge in [-0.2, -0.15) is 13.2 Å².